The van der Waals surface area contributed by atoms with Crippen LogP contribution in [0.2, 0.25) is 0 Å². The lowest BCUT2D eigenvalue weighted by atomic mass is 10.1. The van der Waals surface area contributed by atoms with Gasteiger partial charge in [-0.15, -0.1) is 0 Å². The van der Waals surface area contributed by atoms with Crippen LogP contribution < -0.4 is 21.1 Å². The molecule has 1 saturated carbocycles. The van der Waals surface area contributed by atoms with E-state index in [0.29, 0.717) is 31.1 Å². The largest absolute Gasteiger partial charge is 0.494 e. The van der Waals surface area contributed by atoms with Gasteiger partial charge in [0.05, 0.1) is 6.61 Å². The highest BCUT2D eigenvalue weighted by atomic mass is 16.5. The molecule has 2 unspecified atom stereocenters. The monoisotopic (exact) mass is 443 g/mol. The Morgan fingerprint density at radius 3 is 2.21 bits per heavy atom. The summed E-state index contributed by atoms with van der Waals surface area (Å²) >= 11 is 0. The molecule has 0 aliphatic heterocycles. The summed E-state index contributed by atoms with van der Waals surface area (Å²) < 4.78 is 5.86. The number of rotatable bonds is 10. The van der Waals surface area contributed by atoms with E-state index in [4.69, 9.17) is 10.5 Å². The van der Waals surface area contributed by atoms with Crippen LogP contribution >= 0.6 is 0 Å². The second-order valence-electron chi connectivity index (χ2n) is 8.31. The van der Waals surface area contributed by atoms with Crippen molar-refractivity contribution in [2.75, 3.05) is 6.61 Å². The van der Waals surface area contributed by atoms with Crippen LogP contribution in [0, 0.1) is 0 Å². The van der Waals surface area contributed by atoms with E-state index >= 15 is 0 Å². The van der Waals surface area contributed by atoms with Gasteiger partial charge in [-0.1, -0.05) is 60.7 Å². The summed E-state index contributed by atoms with van der Waals surface area (Å²) in [6.07, 6.45) is 1.37. The Labute approximate surface area is 194 Å². The summed E-state index contributed by atoms with van der Waals surface area (Å²) in [6, 6.07) is 26.0. The summed E-state index contributed by atoms with van der Waals surface area (Å²) in [5.41, 5.74) is 8.64. The first kappa shape index (κ1) is 22.6. The molecule has 2 amide bonds. The molecule has 0 spiro atoms. The molecule has 0 bridgehead atoms. The molecule has 4 rings (SSSR count). The van der Waals surface area contributed by atoms with E-state index in [9.17, 15) is 9.59 Å². The zero-order chi connectivity index (χ0) is 23.0. The van der Waals surface area contributed by atoms with Crippen molar-refractivity contribution < 1.29 is 14.3 Å². The maximum absolute atomic E-state index is 12.9. The van der Waals surface area contributed by atoms with E-state index in [2.05, 4.69) is 10.6 Å². The Morgan fingerprint density at radius 1 is 0.939 bits per heavy atom. The summed E-state index contributed by atoms with van der Waals surface area (Å²) in [5.74, 6) is 0.640. The van der Waals surface area contributed by atoms with Crippen molar-refractivity contribution in [2.24, 2.45) is 5.73 Å². The first-order valence-corrected chi connectivity index (χ1v) is 11.3. The minimum atomic E-state index is -0.717. The van der Waals surface area contributed by atoms with Crippen LogP contribution in [-0.4, -0.2) is 30.5 Å². The SMILES string of the molecule is NC1C[C@H]1c1ccc(OCCC(NC(=O)c2ccccc2)C(=O)NCc2ccccc2)cc1. The minimum Gasteiger partial charge on any atom is -0.494 e. The maximum atomic E-state index is 12.9. The quantitative estimate of drug-likeness (QED) is 0.448. The van der Waals surface area contributed by atoms with Gasteiger partial charge in [0.1, 0.15) is 11.8 Å². The summed E-state index contributed by atoms with van der Waals surface area (Å²) in [4.78, 5) is 25.5. The summed E-state index contributed by atoms with van der Waals surface area (Å²) in [6.45, 7) is 0.684. The molecule has 4 N–H and O–H groups in total. The number of hydrogen-bond donors (Lipinski definition) is 3. The fourth-order valence-electron chi connectivity index (χ4n) is 3.71. The third-order valence-corrected chi connectivity index (χ3v) is 5.79. The lowest BCUT2D eigenvalue weighted by Crippen LogP contribution is -2.47. The first-order valence-electron chi connectivity index (χ1n) is 11.3. The van der Waals surface area contributed by atoms with E-state index in [-0.39, 0.29) is 17.9 Å². The van der Waals surface area contributed by atoms with Crippen molar-refractivity contribution in [2.45, 2.75) is 37.4 Å². The Balaban J connectivity index is 1.34. The van der Waals surface area contributed by atoms with Crippen LogP contribution in [-0.2, 0) is 11.3 Å². The lowest BCUT2D eigenvalue weighted by Gasteiger charge is -2.19. The van der Waals surface area contributed by atoms with Gasteiger partial charge < -0.3 is 21.1 Å². The number of ether oxygens (including phenoxy) is 1. The predicted octanol–water partition coefficient (Wildman–Crippen LogP) is 3.39. The van der Waals surface area contributed by atoms with Gasteiger partial charge in [-0.3, -0.25) is 9.59 Å². The zero-order valence-corrected chi connectivity index (χ0v) is 18.4. The second-order valence-corrected chi connectivity index (χ2v) is 8.31. The van der Waals surface area contributed by atoms with Gasteiger partial charge in [-0.25, -0.2) is 0 Å². The van der Waals surface area contributed by atoms with E-state index in [1.54, 1.807) is 24.3 Å². The number of hydrogen-bond acceptors (Lipinski definition) is 4. The van der Waals surface area contributed by atoms with Gasteiger partial charge in [0.25, 0.3) is 5.91 Å². The normalized spacial score (nSPS) is 17.6. The standard InChI is InChI=1S/C27H29N3O3/c28-24-17-23(24)20-11-13-22(14-12-20)33-16-15-25(30-26(31)21-9-5-2-6-10-21)27(32)29-18-19-7-3-1-4-8-19/h1-14,23-25H,15-18,28H2,(H,29,32)(H,30,31)/t23-,24?,25?/m0/s1. The number of amides is 2. The number of benzene rings is 3. The third-order valence-electron chi connectivity index (χ3n) is 5.79. The Morgan fingerprint density at radius 2 is 1.58 bits per heavy atom. The fraction of sp³-hybridized carbons (Fsp3) is 0.259. The molecule has 0 heterocycles. The van der Waals surface area contributed by atoms with Crippen molar-refractivity contribution >= 4 is 11.8 Å². The molecule has 3 atom stereocenters. The van der Waals surface area contributed by atoms with Crippen LogP contribution in [0.4, 0.5) is 0 Å². The summed E-state index contributed by atoms with van der Waals surface area (Å²) in [7, 11) is 0. The minimum absolute atomic E-state index is 0.246. The first-order chi connectivity index (χ1) is 16.1. The van der Waals surface area contributed by atoms with Crippen molar-refractivity contribution in [3.63, 3.8) is 0 Å². The van der Waals surface area contributed by atoms with Crippen LogP contribution in [0.15, 0.2) is 84.9 Å². The van der Waals surface area contributed by atoms with Crippen LogP contribution in [0.3, 0.4) is 0 Å². The lowest BCUT2D eigenvalue weighted by molar-refractivity contribution is -0.123. The van der Waals surface area contributed by atoms with E-state index in [0.717, 1.165) is 17.7 Å². The number of carbonyl (C=O) groups excluding carboxylic acids is 2. The molecule has 0 aromatic heterocycles. The van der Waals surface area contributed by atoms with Crippen LogP contribution in [0.1, 0.15) is 40.2 Å². The summed E-state index contributed by atoms with van der Waals surface area (Å²) in [5, 5.41) is 5.76. The third kappa shape index (κ3) is 6.43. The molecule has 0 radical (unpaired) electrons. The highest BCUT2D eigenvalue weighted by Gasteiger charge is 2.34. The van der Waals surface area contributed by atoms with Crippen LogP contribution in [0.25, 0.3) is 0 Å². The fourth-order valence-corrected chi connectivity index (χ4v) is 3.71. The second kappa shape index (κ2) is 10.8. The molecule has 1 fully saturated rings. The molecule has 6 nitrogen and oxygen atoms in total. The van der Waals surface area contributed by atoms with Crippen LogP contribution in [0.5, 0.6) is 5.75 Å². The molecule has 33 heavy (non-hydrogen) atoms. The number of carbonyl (C=O) groups is 2. The molecule has 170 valence electrons. The number of nitrogens with one attached hydrogen (secondary N) is 2. The topological polar surface area (TPSA) is 93.4 Å². The van der Waals surface area contributed by atoms with Gasteiger partial charge in [0, 0.05) is 30.5 Å². The Hall–Kier alpha value is -3.64. The molecule has 3 aromatic carbocycles. The predicted molar refractivity (Wildman–Crippen MR) is 128 cm³/mol. The molecule has 0 saturated heterocycles. The van der Waals surface area contributed by atoms with Crippen molar-refractivity contribution in [3.05, 3.63) is 102 Å². The van der Waals surface area contributed by atoms with E-state index in [1.165, 1.54) is 5.56 Å². The van der Waals surface area contributed by atoms with E-state index < -0.39 is 6.04 Å². The van der Waals surface area contributed by atoms with E-state index in [1.807, 2.05) is 60.7 Å². The number of nitrogens with two attached hydrogens (primary N) is 1. The Kier molecular flexibility index (Phi) is 7.37. The Bertz CT molecular complexity index is 1050. The maximum Gasteiger partial charge on any atom is 0.251 e. The smallest absolute Gasteiger partial charge is 0.251 e. The van der Waals surface area contributed by atoms with Crippen molar-refractivity contribution in [1.29, 1.82) is 0 Å². The van der Waals surface area contributed by atoms with Gasteiger partial charge >= 0.3 is 0 Å². The van der Waals surface area contributed by atoms with Gasteiger partial charge in [-0.05, 0) is 41.8 Å². The molecular formula is C27H29N3O3. The molecule has 6 heteroatoms. The highest BCUT2D eigenvalue weighted by molar-refractivity contribution is 5.97. The van der Waals surface area contributed by atoms with Gasteiger partial charge in [-0.2, -0.15) is 0 Å². The van der Waals surface area contributed by atoms with Crippen molar-refractivity contribution in [3.8, 4) is 5.75 Å². The molecule has 3 aromatic rings. The zero-order valence-electron chi connectivity index (χ0n) is 18.4. The van der Waals surface area contributed by atoms with Gasteiger partial charge in [0.15, 0.2) is 0 Å². The average Bonchev–Trinajstić information content (AvgIpc) is 3.59. The highest BCUT2D eigenvalue weighted by Crippen LogP contribution is 2.39. The molecule has 1 aliphatic carbocycles. The average molecular weight is 444 g/mol. The molecular weight excluding hydrogens is 414 g/mol. The van der Waals surface area contributed by atoms with Crippen molar-refractivity contribution in [1.82, 2.24) is 10.6 Å². The molecule has 1 aliphatic rings. The van der Waals surface area contributed by atoms with Gasteiger partial charge in [0.2, 0.25) is 5.91 Å².